The van der Waals surface area contributed by atoms with Gasteiger partial charge in [-0.15, -0.1) is 11.3 Å². The van der Waals surface area contributed by atoms with E-state index >= 15 is 0 Å². The van der Waals surface area contributed by atoms with Crippen LogP contribution in [0.25, 0.3) is 134 Å². The van der Waals surface area contributed by atoms with E-state index in [1.54, 1.807) is 67.2 Å². The molecule has 26 nitrogen and oxygen atoms in total. The molecule has 9 heterocycles. The number of nitrogens with zero attached hydrogens (tertiary/aromatic N) is 15. The number of pyridine rings is 2. The molecule has 652 valence electrons. The molecular formula is C95H68Cl6F3N21O5S. The van der Waals surface area contributed by atoms with Crippen molar-refractivity contribution in [2.45, 2.75) is 6.92 Å². The van der Waals surface area contributed by atoms with Crippen LogP contribution in [-0.4, -0.2) is 97.3 Å². The summed E-state index contributed by atoms with van der Waals surface area (Å²) >= 11 is 37.6. The molecule has 0 aliphatic rings. The molecule has 0 aliphatic carbocycles. The van der Waals surface area contributed by atoms with Gasteiger partial charge in [0.15, 0.2) is 29.0 Å². The Morgan fingerprint density at radius 3 is 1.09 bits per heavy atom. The zero-order valence-electron chi connectivity index (χ0n) is 68.2. The second kappa shape index (κ2) is 42.7. The second-order valence-corrected chi connectivity index (χ2v) is 31.1. The zero-order chi connectivity index (χ0) is 93.1. The molecule has 18 aromatic rings. The van der Waals surface area contributed by atoms with Crippen molar-refractivity contribution >= 4 is 116 Å². The maximum absolute atomic E-state index is 14.0. The third-order valence-corrected chi connectivity index (χ3v) is 21.4. The topological polar surface area (TPSA) is 451 Å². The molecule has 0 unspecified atom stereocenters. The predicted octanol–water partition coefficient (Wildman–Crippen LogP) is 22.6. The number of methoxy groups -OCH3 is 1. The number of phenols is 4. The number of anilines is 6. The van der Waals surface area contributed by atoms with Gasteiger partial charge >= 0.3 is 0 Å². The number of halogens is 9. The van der Waals surface area contributed by atoms with Crippen LogP contribution in [0.4, 0.5) is 48.1 Å². The maximum Gasteiger partial charge on any atom is 0.183 e. The average Bonchev–Trinajstić information content (AvgIpc) is 1.40. The summed E-state index contributed by atoms with van der Waals surface area (Å²) in [5.74, 6) is -0.480. The number of rotatable bonds is 13. The SMILES string of the molecule is COc1ccc(-c2ncc(N)nc2-c2ccccc2)cc1Cl.Cc1csc(-c2nc(N)cnc2-c2ccc(O)c(Cl)c2)c1.N#Cc1nc(-c2ccc(O)c(Cl)c2)c(-c2ccccc2)nc1N.Nc1cnc(-c2ccc(O)c(Cl)c2)c(-c2c(F)cncc2F)n1.Nc1cnc(-c2ccc(O)c(Cl)c2)c(-c2ccncc2F)n1.Nc1cnc(-c2cccc(Cl)c2)c(-c2ccccc2)n1. The minimum Gasteiger partial charge on any atom is -0.506 e. The molecule has 0 amide bonds. The van der Waals surface area contributed by atoms with E-state index in [0.29, 0.717) is 72.7 Å². The average molecular weight is 1890 g/mol. The minimum atomic E-state index is -0.893. The van der Waals surface area contributed by atoms with E-state index in [1.807, 2.05) is 158 Å². The van der Waals surface area contributed by atoms with Gasteiger partial charge in [-0.1, -0.05) is 173 Å². The molecule has 9 aromatic heterocycles. The number of aryl methyl sites for hydroxylation is 1. The fourth-order valence-corrected chi connectivity index (χ4v) is 14.6. The molecule has 0 spiro atoms. The lowest BCUT2D eigenvalue weighted by Gasteiger charge is -2.11. The summed E-state index contributed by atoms with van der Waals surface area (Å²) in [5, 5.41) is 51.2. The molecule has 0 fully saturated rings. The van der Waals surface area contributed by atoms with E-state index in [4.69, 9.17) is 114 Å². The normalized spacial score (nSPS) is 10.5. The first-order valence-electron chi connectivity index (χ1n) is 38.5. The van der Waals surface area contributed by atoms with E-state index in [1.165, 1.54) is 67.3 Å². The van der Waals surface area contributed by atoms with Gasteiger partial charge in [-0.3, -0.25) is 34.9 Å². The number of aromatic nitrogens is 14. The molecule has 16 N–H and O–H groups in total. The first kappa shape index (κ1) is 92.9. The summed E-state index contributed by atoms with van der Waals surface area (Å²) in [5.41, 5.74) is 48.6. The molecule has 0 bridgehead atoms. The summed E-state index contributed by atoms with van der Waals surface area (Å²) in [4.78, 5) is 59.8. The molecule has 9 aromatic carbocycles. The quantitative estimate of drug-likeness (QED) is 0.0512. The van der Waals surface area contributed by atoms with Crippen LogP contribution >= 0.6 is 80.9 Å². The number of aromatic hydroxyl groups is 4. The van der Waals surface area contributed by atoms with Gasteiger partial charge in [-0.2, -0.15) is 5.26 Å². The molecule has 0 atom stereocenters. The lowest BCUT2D eigenvalue weighted by molar-refractivity contribution is 0.415. The Bertz CT molecular complexity index is 7230. The number of nitrogens with two attached hydrogens (primary N) is 6. The van der Waals surface area contributed by atoms with Crippen LogP contribution < -0.4 is 39.1 Å². The highest BCUT2D eigenvalue weighted by Gasteiger charge is 2.24. The lowest BCUT2D eigenvalue weighted by Crippen LogP contribution is -2.03. The van der Waals surface area contributed by atoms with E-state index in [2.05, 4.69) is 69.8 Å². The molecule has 131 heavy (non-hydrogen) atoms. The Morgan fingerprint density at radius 1 is 0.344 bits per heavy atom. The Kier molecular flexibility index (Phi) is 30.3. The summed E-state index contributed by atoms with van der Waals surface area (Å²) in [6, 6.07) is 66.1. The Balaban J connectivity index is 0.000000134. The number of hydrogen-bond acceptors (Lipinski definition) is 27. The summed E-state index contributed by atoms with van der Waals surface area (Å²) in [6.07, 6.45) is 11.5. The minimum absolute atomic E-state index is 0.00392. The van der Waals surface area contributed by atoms with Crippen molar-refractivity contribution in [3.8, 4) is 169 Å². The summed E-state index contributed by atoms with van der Waals surface area (Å²) in [7, 11) is 1.58. The van der Waals surface area contributed by atoms with Crippen molar-refractivity contribution in [3.63, 3.8) is 0 Å². The molecule has 0 aliphatic heterocycles. The standard InChI is InChI=1S/C17H11ClN4O.C17H14ClN3O.C16H12ClN3.C15H9ClF2N4O.C15H10ClFN4O.C15H12ClN3OS/c18-12-8-11(6-7-14(12)23)16-15(10-4-2-1-3-5-10)22-17(20)13(9-19)21-16;1-22-14-8-7-12(9-13(14)18)16-17(21-15(19)10-20-16)11-5-3-2-4-6-11;17-13-8-4-7-12(9-13)15-16(20-14(18)10-19-15)11-5-2-1-3-6-11;16-8-3-7(1-2-11(8)23)14-15(22-12(19)6-21-14)13-9(17)4-20-5-10(13)18;16-10-5-8(1-2-12(10)22)14-15(21-13(18)7-20-14)9-3-4-19-6-11(9)17;1-8-4-12(21-7-8)15-14(18-6-13(17)19-15)9-2-3-11(20)10(16)5-9/h1-8,23H,(H2,20,22);2-10H,1H3,(H2,19,21);1-10H,(H2,18,20);1-6,23H,(H2,19,22);1-7,22H,(H2,18,21);2-7,20H,1H3,(H2,17,19). The summed E-state index contributed by atoms with van der Waals surface area (Å²) in [6.45, 7) is 2.02. The first-order valence-corrected chi connectivity index (χ1v) is 41.6. The lowest BCUT2D eigenvalue weighted by atomic mass is 10.0. The van der Waals surface area contributed by atoms with Crippen LogP contribution in [0, 0.1) is 35.7 Å². The Hall–Kier alpha value is -15.7. The number of hydrogen-bond donors (Lipinski definition) is 10. The fourth-order valence-electron chi connectivity index (χ4n) is 12.6. The first-order chi connectivity index (χ1) is 63.1. The third kappa shape index (κ3) is 23.0. The number of benzene rings is 9. The zero-order valence-corrected chi connectivity index (χ0v) is 73.6. The van der Waals surface area contributed by atoms with Crippen molar-refractivity contribution in [1.82, 2.24) is 69.8 Å². The van der Waals surface area contributed by atoms with Crippen LogP contribution in [0.2, 0.25) is 30.1 Å². The number of nitriles is 1. The highest BCUT2D eigenvalue weighted by Crippen LogP contribution is 2.42. The molecular weight excluding hydrogens is 1820 g/mol. The highest BCUT2D eigenvalue weighted by molar-refractivity contribution is 7.13. The molecule has 36 heteroatoms. The number of phenolic OH excluding ortho intramolecular Hbond substituents is 4. The Labute approximate surface area is 779 Å². The van der Waals surface area contributed by atoms with E-state index in [0.717, 1.165) is 90.9 Å². The van der Waals surface area contributed by atoms with Gasteiger partial charge in [0.25, 0.3) is 0 Å². The van der Waals surface area contributed by atoms with Gasteiger partial charge in [0.1, 0.15) is 81.0 Å². The van der Waals surface area contributed by atoms with Crippen LogP contribution in [0.15, 0.2) is 280 Å². The third-order valence-electron chi connectivity index (χ3n) is 18.6. The highest BCUT2D eigenvalue weighted by atomic mass is 35.5. The Morgan fingerprint density at radius 2 is 0.695 bits per heavy atom. The molecule has 0 saturated carbocycles. The smallest absolute Gasteiger partial charge is 0.183 e. The fraction of sp³-hybridized carbons (Fsp3) is 0.0211. The van der Waals surface area contributed by atoms with E-state index < -0.39 is 17.5 Å². The molecule has 18 rings (SSSR count). The van der Waals surface area contributed by atoms with Gasteiger partial charge in [0, 0.05) is 66.9 Å². The van der Waals surface area contributed by atoms with Crippen molar-refractivity contribution in [1.29, 1.82) is 5.26 Å². The van der Waals surface area contributed by atoms with Gasteiger partial charge in [0.05, 0.1) is 143 Å². The van der Waals surface area contributed by atoms with Crippen LogP contribution in [0.3, 0.4) is 0 Å². The largest absolute Gasteiger partial charge is 0.506 e. The number of thiophene rings is 1. The maximum atomic E-state index is 14.0. The second-order valence-electron chi connectivity index (χ2n) is 27.7. The van der Waals surface area contributed by atoms with Gasteiger partial charge < -0.3 is 59.6 Å². The van der Waals surface area contributed by atoms with Gasteiger partial charge in [-0.25, -0.2) is 48.1 Å². The van der Waals surface area contributed by atoms with E-state index in [-0.39, 0.29) is 94.4 Å². The van der Waals surface area contributed by atoms with Crippen molar-refractivity contribution in [2.75, 3.05) is 41.5 Å². The van der Waals surface area contributed by atoms with E-state index in [9.17, 15) is 33.6 Å². The van der Waals surface area contributed by atoms with Crippen molar-refractivity contribution in [3.05, 3.63) is 338 Å². The predicted molar refractivity (Wildman–Crippen MR) is 510 cm³/mol. The van der Waals surface area contributed by atoms with Crippen molar-refractivity contribution in [2.24, 2.45) is 0 Å². The molecule has 0 radical (unpaired) electrons. The monoisotopic (exact) mass is 1880 g/mol. The van der Waals surface area contributed by atoms with Crippen LogP contribution in [0.1, 0.15) is 11.3 Å². The van der Waals surface area contributed by atoms with Crippen LogP contribution in [-0.2, 0) is 0 Å². The van der Waals surface area contributed by atoms with Gasteiger partial charge in [-0.05, 0) is 133 Å². The van der Waals surface area contributed by atoms with Crippen LogP contribution in [0.5, 0.6) is 28.7 Å². The molecule has 0 saturated heterocycles. The number of nitrogen functional groups attached to an aromatic ring is 6. The number of ether oxygens (including phenoxy) is 1. The van der Waals surface area contributed by atoms with Crippen molar-refractivity contribution < 1.29 is 38.3 Å². The summed E-state index contributed by atoms with van der Waals surface area (Å²) < 4.78 is 47.3. The van der Waals surface area contributed by atoms with Gasteiger partial charge in [0.2, 0.25) is 0 Å².